The Hall–Kier alpha value is -5.92. The molecule has 1 nitrogen and oxygen atoms in total. The third kappa shape index (κ3) is 3.35. The van der Waals surface area contributed by atoms with Crippen LogP contribution >= 0.6 is 0 Å². The minimum atomic E-state index is -0.342. The predicted molar refractivity (Wildman–Crippen MR) is 192 cm³/mol. The molecule has 0 fully saturated rings. The van der Waals surface area contributed by atoms with Crippen LogP contribution in [-0.4, -0.2) is 0 Å². The van der Waals surface area contributed by atoms with Gasteiger partial charge in [0.05, 0.1) is 11.1 Å². The lowest BCUT2D eigenvalue weighted by molar-refractivity contribution is 0.794. The Balaban J connectivity index is 1.26. The highest BCUT2D eigenvalue weighted by molar-refractivity contribution is 6.02. The van der Waals surface area contributed by atoms with Gasteiger partial charge in [0.1, 0.15) is 0 Å². The van der Waals surface area contributed by atoms with Crippen LogP contribution < -0.4 is 4.90 Å². The largest absolute Gasteiger partial charge is 0.310 e. The van der Waals surface area contributed by atoms with Gasteiger partial charge < -0.3 is 4.90 Å². The van der Waals surface area contributed by atoms with Crippen molar-refractivity contribution in [3.8, 4) is 22.3 Å². The van der Waals surface area contributed by atoms with Gasteiger partial charge in [-0.25, -0.2) is 0 Å². The normalized spacial score (nSPS) is 13.4. The molecule has 0 atom stereocenters. The van der Waals surface area contributed by atoms with Crippen LogP contribution in [0.2, 0.25) is 0 Å². The lowest BCUT2D eigenvalue weighted by Gasteiger charge is -2.31. The standard InChI is InChI=1S/C45H29N/c1-2-14-32-28-33(25-24-30(32)12-1)46(44-23-11-15-31-13-3-4-16-35(31)44)34-26-27-43-39(29-34)38-19-7-10-22-42(38)45(43)40-20-8-5-17-36(40)37-18-6-9-21-41(37)45/h1-29H. The average Bonchev–Trinajstić information content (AvgIpc) is 3.59. The smallest absolute Gasteiger partial charge is 0.0725 e. The first kappa shape index (κ1) is 25.4. The Morgan fingerprint density at radius 3 is 1.54 bits per heavy atom. The molecule has 1 heteroatoms. The summed E-state index contributed by atoms with van der Waals surface area (Å²) >= 11 is 0. The summed E-state index contributed by atoms with van der Waals surface area (Å²) in [5, 5.41) is 4.94. The van der Waals surface area contributed by atoms with E-state index in [1.165, 1.54) is 71.7 Å². The molecule has 1 spiro atoms. The Morgan fingerprint density at radius 2 is 0.826 bits per heavy atom. The van der Waals surface area contributed by atoms with E-state index < -0.39 is 0 Å². The topological polar surface area (TPSA) is 3.24 Å². The maximum Gasteiger partial charge on any atom is 0.0725 e. The van der Waals surface area contributed by atoms with Gasteiger partial charge in [-0.1, -0.05) is 146 Å². The lowest BCUT2D eigenvalue weighted by Crippen LogP contribution is -2.25. The van der Waals surface area contributed by atoms with E-state index in [2.05, 4.69) is 181 Å². The second kappa shape index (κ2) is 9.54. The number of anilines is 3. The van der Waals surface area contributed by atoms with Gasteiger partial charge in [-0.15, -0.1) is 0 Å². The monoisotopic (exact) mass is 583 g/mol. The molecule has 0 heterocycles. The van der Waals surface area contributed by atoms with Crippen molar-refractivity contribution in [1.29, 1.82) is 0 Å². The van der Waals surface area contributed by atoms with Crippen LogP contribution in [0.25, 0.3) is 43.8 Å². The second-order valence-corrected chi connectivity index (χ2v) is 12.5. The average molecular weight is 584 g/mol. The molecule has 0 amide bonds. The number of benzene rings is 8. The van der Waals surface area contributed by atoms with E-state index in [0.717, 1.165) is 11.4 Å². The molecule has 0 bridgehead atoms. The Bertz CT molecular complexity index is 2450. The van der Waals surface area contributed by atoms with Crippen LogP contribution in [0.15, 0.2) is 176 Å². The summed E-state index contributed by atoms with van der Waals surface area (Å²) in [6, 6.07) is 65.0. The van der Waals surface area contributed by atoms with E-state index in [4.69, 9.17) is 0 Å². The van der Waals surface area contributed by atoms with Crippen molar-refractivity contribution in [3.63, 3.8) is 0 Å². The minimum Gasteiger partial charge on any atom is -0.310 e. The molecule has 0 saturated carbocycles. The van der Waals surface area contributed by atoms with Crippen molar-refractivity contribution in [2.24, 2.45) is 0 Å². The number of hydrogen-bond donors (Lipinski definition) is 0. The Morgan fingerprint density at radius 1 is 0.326 bits per heavy atom. The maximum absolute atomic E-state index is 2.44. The molecule has 0 aromatic heterocycles. The van der Waals surface area contributed by atoms with E-state index >= 15 is 0 Å². The highest BCUT2D eigenvalue weighted by Crippen LogP contribution is 2.63. The van der Waals surface area contributed by atoms with Gasteiger partial charge in [-0.2, -0.15) is 0 Å². The Kier molecular flexibility index (Phi) is 5.27. The highest BCUT2D eigenvalue weighted by atomic mass is 15.1. The second-order valence-electron chi connectivity index (χ2n) is 12.5. The van der Waals surface area contributed by atoms with Gasteiger partial charge >= 0.3 is 0 Å². The zero-order chi connectivity index (χ0) is 30.2. The first-order valence-electron chi connectivity index (χ1n) is 16.0. The quantitative estimate of drug-likeness (QED) is 0.200. The van der Waals surface area contributed by atoms with Crippen LogP contribution in [-0.2, 0) is 5.41 Å². The molecule has 2 aliphatic carbocycles. The molecular formula is C45H29N. The lowest BCUT2D eigenvalue weighted by atomic mass is 9.70. The SMILES string of the molecule is c1ccc2c(c1)-c1ccccc1C21c2ccccc2-c2cc(N(c3ccc4ccccc4c3)c3cccc4ccccc34)ccc21. The minimum absolute atomic E-state index is 0.342. The fourth-order valence-corrected chi connectivity index (χ4v) is 8.37. The molecule has 8 aromatic carbocycles. The predicted octanol–water partition coefficient (Wildman–Crippen LogP) is 11.8. The molecule has 0 aliphatic heterocycles. The van der Waals surface area contributed by atoms with Crippen molar-refractivity contribution in [1.82, 2.24) is 0 Å². The zero-order valence-electron chi connectivity index (χ0n) is 25.2. The molecule has 2 aliphatic rings. The van der Waals surface area contributed by atoms with Crippen molar-refractivity contribution >= 4 is 38.6 Å². The fourth-order valence-electron chi connectivity index (χ4n) is 8.37. The van der Waals surface area contributed by atoms with Gasteiger partial charge in [0.15, 0.2) is 0 Å². The Labute approximate surface area is 268 Å². The van der Waals surface area contributed by atoms with Gasteiger partial charge in [0.2, 0.25) is 0 Å². The molecule has 0 radical (unpaired) electrons. The number of nitrogens with zero attached hydrogens (tertiary/aromatic N) is 1. The summed E-state index contributed by atoms with van der Waals surface area (Å²) in [4.78, 5) is 2.44. The van der Waals surface area contributed by atoms with Crippen molar-refractivity contribution in [2.75, 3.05) is 4.90 Å². The molecular weight excluding hydrogens is 555 g/mol. The molecule has 46 heavy (non-hydrogen) atoms. The van der Waals surface area contributed by atoms with Crippen molar-refractivity contribution in [2.45, 2.75) is 5.41 Å². The van der Waals surface area contributed by atoms with Crippen LogP contribution in [0.5, 0.6) is 0 Å². The third-order valence-electron chi connectivity index (χ3n) is 10.2. The van der Waals surface area contributed by atoms with Gasteiger partial charge in [0, 0.05) is 16.8 Å². The summed E-state index contributed by atoms with van der Waals surface area (Å²) in [6.45, 7) is 0. The summed E-state index contributed by atoms with van der Waals surface area (Å²) in [7, 11) is 0. The van der Waals surface area contributed by atoms with Crippen molar-refractivity contribution in [3.05, 3.63) is 198 Å². The third-order valence-corrected chi connectivity index (χ3v) is 10.2. The van der Waals surface area contributed by atoms with E-state index in [-0.39, 0.29) is 5.41 Å². The first-order valence-corrected chi connectivity index (χ1v) is 16.0. The van der Waals surface area contributed by atoms with Gasteiger partial charge in [0.25, 0.3) is 0 Å². The zero-order valence-corrected chi connectivity index (χ0v) is 25.2. The first-order chi connectivity index (χ1) is 22.8. The summed E-state index contributed by atoms with van der Waals surface area (Å²) in [6.07, 6.45) is 0. The summed E-state index contributed by atoms with van der Waals surface area (Å²) < 4.78 is 0. The van der Waals surface area contributed by atoms with Gasteiger partial charge in [-0.3, -0.25) is 0 Å². The number of hydrogen-bond acceptors (Lipinski definition) is 1. The molecule has 0 unspecified atom stereocenters. The summed E-state index contributed by atoms with van der Waals surface area (Å²) in [5.74, 6) is 0. The molecule has 0 N–H and O–H groups in total. The van der Waals surface area contributed by atoms with Crippen LogP contribution in [0.4, 0.5) is 17.1 Å². The van der Waals surface area contributed by atoms with Crippen molar-refractivity contribution < 1.29 is 0 Å². The van der Waals surface area contributed by atoms with Crippen LogP contribution in [0.1, 0.15) is 22.3 Å². The summed E-state index contributed by atoms with van der Waals surface area (Å²) in [5.41, 5.74) is 13.9. The molecule has 0 saturated heterocycles. The van der Waals surface area contributed by atoms with E-state index in [1.54, 1.807) is 0 Å². The number of fused-ring (bicyclic) bond motifs is 12. The maximum atomic E-state index is 2.44. The molecule has 214 valence electrons. The van der Waals surface area contributed by atoms with Crippen LogP contribution in [0, 0.1) is 0 Å². The van der Waals surface area contributed by atoms with Crippen LogP contribution in [0.3, 0.4) is 0 Å². The van der Waals surface area contributed by atoms with Gasteiger partial charge in [-0.05, 0) is 91.0 Å². The highest BCUT2D eigenvalue weighted by Gasteiger charge is 2.51. The fraction of sp³-hybridized carbons (Fsp3) is 0.0222. The van der Waals surface area contributed by atoms with E-state index in [1.807, 2.05) is 0 Å². The van der Waals surface area contributed by atoms with E-state index in [9.17, 15) is 0 Å². The van der Waals surface area contributed by atoms with E-state index in [0.29, 0.717) is 0 Å². The number of rotatable bonds is 3. The molecule has 8 aromatic rings. The molecule has 10 rings (SSSR count).